The van der Waals surface area contributed by atoms with Crippen LogP contribution in [0.25, 0.3) is 0 Å². The van der Waals surface area contributed by atoms with E-state index in [2.05, 4.69) is 28.1 Å². The van der Waals surface area contributed by atoms with E-state index in [1.807, 2.05) is 0 Å². The Kier molecular flexibility index (Phi) is 2.42. The third kappa shape index (κ3) is 1.48. The molecule has 2 bridgehead atoms. The monoisotopic (exact) mass is 334 g/mol. The van der Waals surface area contributed by atoms with Crippen molar-refractivity contribution in [3.8, 4) is 5.75 Å². The lowest BCUT2D eigenvalue weighted by Gasteiger charge is -2.18. The van der Waals surface area contributed by atoms with Gasteiger partial charge in [-0.3, -0.25) is 0 Å². The average Bonchev–Trinajstić information content (AvgIpc) is 2.84. The van der Waals surface area contributed by atoms with Crippen molar-refractivity contribution in [2.24, 2.45) is 29.6 Å². The van der Waals surface area contributed by atoms with Crippen LogP contribution in [-0.4, -0.2) is 11.7 Å². The molecule has 3 fully saturated rings. The van der Waals surface area contributed by atoms with Gasteiger partial charge in [0.05, 0.1) is 12.7 Å². The van der Waals surface area contributed by atoms with E-state index in [4.69, 9.17) is 4.74 Å². The molecule has 5 atom stereocenters. The quantitative estimate of drug-likeness (QED) is 0.893. The van der Waals surface area contributed by atoms with Gasteiger partial charge in [-0.2, -0.15) is 0 Å². The van der Waals surface area contributed by atoms with Crippen LogP contribution in [0.2, 0.25) is 0 Å². The molecule has 106 valence electrons. The van der Waals surface area contributed by atoms with Crippen molar-refractivity contribution in [2.45, 2.75) is 31.8 Å². The predicted octanol–water partition coefficient (Wildman–Crippen LogP) is 3.71. The van der Waals surface area contributed by atoms with Crippen molar-refractivity contribution in [3.63, 3.8) is 0 Å². The maximum atomic E-state index is 10.9. The molecule has 5 rings (SSSR count). The standard InChI is InChI=1S/C17H19BrO2/c18-11-6-10-3-4-20-17(10)12(7-11)16(19)15-13-8-1-2-9(5-8)14(13)15/h6-9,13-16,19H,1-5H2. The molecule has 20 heavy (non-hydrogen) atoms. The SMILES string of the molecule is OC(c1cc(Br)cc2c1OCC2)C1C2C3CCC(C3)C21. The highest BCUT2D eigenvalue weighted by Gasteiger charge is 2.67. The average molecular weight is 335 g/mol. The van der Waals surface area contributed by atoms with Crippen LogP contribution in [-0.2, 0) is 6.42 Å². The topological polar surface area (TPSA) is 29.5 Å². The Morgan fingerprint density at radius 2 is 1.95 bits per heavy atom. The Balaban J connectivity index is 1.49. The van der Waals surface area contributed by atoms with Gasteiger partial charge in [0.15, 0.2) is 0 Å². The highest BCUT2D eigenvalue weighted by atomic mass is 79.9. The Bertz CT molecular complexity index is 569. The molecule has 0 radical (unpaired) electrons. The van der Waals surface area contributed by atoms with E-state index in [0.717, 1.165) is 52.5 Å². The van der Waals surface area contributed by atoms with Crippen molar-refractivity contribution >= 4 is 15.9 Å². The lowest BCUT2D eigenvalue weighted by molar-refractivity contribution is 0.126. The third-order valence-corrected chi connectivity index (χ3v) is 6.71. The summed E-state index contributed by atoms with van der Waals surface area (Å²) in [6, 6.07) is 4.21. The van der Waals surface area contributed by atoms with Crippen LogP contribution < -0.4 is 4.74 Å². The van der Waals surface area contributed by atoms with Crippen LogP contribution in [0.5, 0.6) is 5.75 Å². The fourth-order valence-corrected chi connectivity index (χ4v) is 6.06. The fraction of sp³-hybridized carbons (Fsp3) is 0.647. The molecule has 1 N–H and O–H groups in total. The van der Waals surface area contributed by atoms with Gasteiger partial charge in [-0.25, -0.2) is 0 Å². The summed E-state index contributed by atoms with van der Waals surface area (Å²) >= 11 is 3.58. The summed E-state index contributed by atoms with van der Waals surface area (Å²) in [5, 5.41) is 10.9. The van der Waals surface area contributed by atoms with Crippen LogP contribution in [0, 0.1) is 29.6 Å². The molecular weight excluding hydrogens is 316 g/mol. The third-order valence-electron chi connectivity index (χ3n) is 6.26. The normalized spacial score (nSPS) is 41.2. The molecule has 3 aliphatic carbocycles. The highest BCUT2D eigenvalue weighted by Crippen LogP contribution is 2.72. The van der Waals surface area contributed by atoms with E-state index in [0.29, 0.717) is 5.92 Å². The zero-order valence-electron chi connectivity index (χ0n) is 11.4. The minimum atomic E-state index is -0.322. The number of halogens is 1. The maximum absolute atomic E-state index is 10.9. The smallest absolute Gasteiger partial charge is 0.128 e. The first-order valence-electron chi connectivity index (χ1n) is 7.87. The van der Waals surface area contributed by atoms with Gasteiger partial charge in [0, 0.05) is 16.5 Å². The number of fused-ring (bicyclic) bond motifs is 6. The summed E-state index contributed by atoms with van der Waals surface area (Å²) in [5.74, 6) is 4.90. The molecule has 3 saturated carbocycles. The number of benzene rings is 1. The molecule has 1 heterocycles. The summed E-state index contributed by atoms with van der Waals surface area (Å²) < 4.78 is 6.87. The van der Waals surface area contributed by atoms with Crippen molar-refractivity contribution in [2.75, 3.05) is 6.61 Å². The lowest BCUT2D eigenvalue weighted by atomic mass is 9.93. The van der Waals surface area contributed by atoms with Crippen molar-refractivity contribution < 1.29 is 9.84 Å². The van der Waals surface area contributed by atoms with Crippen LogP contribution in [0.1, 0.15) is 36.5 Å². The van der Waals surface area contributed by atoms with Gasteiger partial charge in [0.25, 0.3) is 0 Å². The van der Waals surface area contributed by atoms with Crippen molar-refractivity contribution in [1.82, 2.24) is 0 Å². The molecule has 1 aromatic carbocycles. The van der Waals surface area contributed by atoms with Crippen LogP contribution in [0.4, 0.5) is 0 Å². The molecule has 0 aromatic heterocycles. The molecule has 0 spiro atoms. The summed E-state index contributed by atoms with van der Waals surface area (Å²) in [6.45, 7) is 0.758. The minimum absolute atomic E-state index is 0.322. The zero-order valence-corrected chi connectivity index (χ0v) is 13.0. The van der Waals surface area contributed by atoms with Gasteiger partial charge in [-0.15, -0.1) is 0 Å². The molecule has 1 aromatic rings. The number of aliphatic hydroxyl groups excluding tert-OH is 1. The predicted molar refractivity (Wildman–Crippen MR) is 79.6 cm³/mol. The number of aliphatic hydroxyl groups is 1. The zero-order chi connectivity index (χ0) is 13.4. The number of hydrogen-bond donors (Lipinski definition) is 1. The van der Waals surface area contributed by atoms with Gasteiger partial charge in [0.2, 0.25) is 0 Å². The molecule has 0 saturated heterocycles. The maximum Gasteiger partial charge on any atom is 0.128 e. The molecular formula is C17H19BrO2. The number of hydrogen-bond acceptors (Lipinski definition) is 2. The Morgan fingerprint density at radius 3 is 2.70 bits per heavy atom. The molecule has 5 unspecified atom stereocenters. The van der Waals surface area contributed by atoms with E-state index in [1.54, 1.807) is 0 Å². The molecule has 4 aliphatic rings. The summed E-state index contributed by atoms with van der Waals surface area (Å²) in [6.07, 6.45) is 4.89. The number of rotatable bonds is 2. The Morgan fingerprint density at radius 1 is 1.20 bits per heavy atom. The summed E-state index contributed by atoms with van der Waals surface area (Å²) in [7, 11) is 0. The first kappa shape index (κ1) is 12.0. The van der Waals surface area contributed by atoms with Gasteiger partial charge >= 0.3 is 0 Å². The Hall–Kier alpha value is -0.540. The van der Waals surface area contributed by atoms with Gasteiger partial charge in [0.1, 0.15) is 5.75 Å². The highest BCUT2D eigenvalue weighted by molar-refractivity contribution is 9.10. The van der Waals surface area contributed by atoms with Gasteiger partial charge < -0.3 is 9.84 Å². The largest absolute Gasteiger partial charge is 0.493 e. The molecule has 1 aliphatic heterocycles. The van der Waals surface area contributed by atoms with Crippen LogP contribution >= 0.6 is 15.9 Å². The van der Waals surface area contributed by atoms with E-state index < -0.39 is 0 Å². The first-order valence-corrected chi connectivity index (χ1v) is 8.66. The second-order valence-electron chi connectivity index (χ2n) is 7.09. The van der Waals surface area contributed by atoms with Gasteiger partial charge in [-0.05, 0) is 66.5 Å². The van der Waals surface area contributed by atoms with Crippen LogP contribution in [0.3, 0.4) is 0 Å². The van der Waals surface area contributed by atoms with Crippen molar-refractivity contribution in [3.05, 3.63) is 27.7 Å². The molecule has 2 nitrogen and oxygen atoms in total. The van der Waals surface area contributed by atoms with E-state index in [9.17, 15) is 5.11 Å². The fourth-order valence-electron chi connectivity index (χ4n) is 5.54. The molecule has 0 amide bonds. The van der Waals surface area contributed by atoms with Crippen molar-refractivity contribution in [1.29, 1.82) is 0 Å². The first-order chi connectivity index (χ1) is 9.74. The Labute approximate surface area is 127 Å². The van der Waals surface area contributed by atoms with Gasteiger partial charge in [-0.1, -0.05) is 15.9 Å². The second kappa shape index (κ2) is 4.01. The number of ether oxygens (including phenoxy) is 1. The second-order valence-corrected chi connectivity index (χ2v) is 8.01. The van der Waals surface area contributed by atoms with Crippen LogP contribution in [0.15, 0.2) is 16.6 Å². The summed E-state index contributed by atoms with van der Waals surface area (Å²) in [4.78, 5) is 0. The summed E-state index contributed by atoms with van der Waals surface area (Å²) in [5.41, 5.74) is 2.29. The van der Waals surface area contributed by atoms with E-state index in [-0.39, 0.29) is 6.10 Å². The minimum Gasteiger partial charge on any atom is -0.493 e. The van der Waals surface area contributed by atoms with E-state index >= 15 is 0 Å². The molecule has 3 heteroatoms. The van der Waals surface area contributed by atoms with E-state index in [1.165, 1.54) is 24.8 Å². The lowest BCUT2D eigenvalue weighted by Crippen LogP contribution is -2.09.